The first-order valence-corrected chi connectivity index (χ1v) is 8.64. The fourth-order valence-corrected chi connectivity index (χ4v) is 3.14. The summed E-state index contributed by atoms with van der Waals surface area (Å²) >= 11 is 1.29. The number of aliphatic hydroxyl groups excluding tert-OH is 1. The Morgan fingerprint density at radius 1 is 0.840 bits per heavy atom. The van der Waals surface area contributed by atoms with Gasteiger partial charge in [0.25, 0.3) is 0 Å². The van der Waals surface area contributed by atoms with E-state index in [1.807, 2.05) is 42.5 Å². The lowest BCUT2D eigenvalue weighted by molar-refractivity contribution is 0.282. The van der Waals surface area contributed by atoms with E-state index < -0.39 is 0 Å². The number of hydrogen-bond acceptors (Lipinski definition) is 6. The monoisotopic (exact) mass is 348 g/mol. The van der Waals surface area contributed by atoms with E-state index >= 15 is 0 Å². The number of aromatic nitrogens is 2. The van der Waals surface area contributed by atoms with Crippen molar-refractivity contribution < 1.29 is 5.11 Å². The number of benzene rings is 3. The van der Waals surface area contributed by atoms with Crippen molar-refractivity contribution in [1.29, 1.82) is 0 Å². The van der Waals surface area contributed by atoms with Gasteiger partial charge < -0.3 is 15.7 Å². The van der Waals surface area contributed by atoms with Gasteiger partial charge in [-0.1, -0.05) is 42.5 Å². The summed E-state index contributed by atoms with van der Waals surface area (Å²) in [6.45, 7) is 0.00871. The Bertz CT molecular complexity index is 1010. The third-order valence-electron chi connectivity index (χ3n) is 3.79. The highest BCUT2D eigenvalue weighted by atomic mass is 32.1. The number of hydrogen-bond donors (Lipinski definition) is 3. The van der Waals surface area contributed by atoms with Crippen LogP contribution in [-0.4, -0.2) is 14.5 Å². The van der Waals surface area contributed by atoms with Gasteiger partial charge in [0.1, 0.15) is 0 Å². The molecule has 0 aliphatic heterocycles. The number of nitrogens with one attached hydrogen (secondary N) is 2. The molecule has 124 valence electrons. The van der Waals surface area contributed by atoms with Crippen molar-refractivity contribution in [3.05, 3.63) is 72.3 Å². The molecular formula is C19H16N4OS. The number of rotatable bonds is 5. The van der Waals surface area contributed by atoms with Crippen molar-refractivity contribution in [3.63, 3.8) is 0 Å². The average Bonchev–Trinajstić information content (AvgIpc) is 3.08. The lowest BCUT2D eigenvalue weighted by Gasteiger charge is -2.04. The van der Waals surface area contributed by atoms with Crippen molar-refractivity contribution in [2.45, 2.75) is 6.61 Å². The lowest BCUT2D eigenvalue weighted by Crippen LogP contribution is -1.94. The lowest BCUT2D eigenvalue weighted by atomic mass is 10.1. The Hall–Kier alpha value is -2.96. The van der Waals surface area contributed by atoms with Gasteiger partial charge in [-0.25, -0.2) is 0 Å². The van der Waals surface area contributed by atoms with Crippen molar-refractivity contribution in [3.8, 4) is 0 Å². The Balaban J connectivity index is 1.50. The van der Waals surface area contributed by atoms with Crippen LogP contribution in [0.1, 0.15) is 5.56 Å². The molecule has 0 aliphatic rings. The maximum Gasteiger partial charge on any atom is 0.240 e. The van der Waals surface area contributed by atoms with Gasteiger partial charge in [-0.15, -0.1) is 0 Å². The molecule has 5 nitrogen and oxygen atoms in total. The van der Waals surface area contributed by atoms with Crippen LogP contribution < -0.4 is 10.6 Å². The number of aliphatic hydroxyl groups is 1. The molecule has 4 rings (SSSR count). The molecule has 0 atom stereocenters. The van der Waals surface area contributed by atoms with Gasteiger partial charge in [0, 0.05) is 22.9 Å². The van der Waals surface area contributed by atoms with E-state index in [1.54, 1.807) is 0 Å². The van der Waals surface area contributed by atoms with Crippen molar-refractivity contribution in [1.82, 2.24) is 9.36 Å². The highest BCUT2D eigenvalue weighted by Gasteiger charge is 2.06. The largest absolute Gasteiger partial charge is 0.392 e. The van der Waals surface area contributed by atoms with E-state index in [2.05, 4.69) is 44.3 Å². The molecule has 0 bridgehead atoms. The van der Waals surface area contributed by atoms with Crippen LogP contribution in [0.2, 0.25) is 0 Å². The van der Waals surface area contributed by atoms with Crippen LogP contribution in [0.5, 0.6) is 0 Å². The second-order valence-electron chi connectivity index (χ2n) is 5.59. The summed E-state index contributed by atoms with van der Waals surface area (Å²) < 4.78 is 4.32. The molecule has 4 aromatic rings. The molecule has 3 aromatic carbocycles. The normalized spacial score (nSPS) is 10.8. The minimum atomic E-state index is 0.00871. The molecule has 0 spiro atoms. The molecule has 25 heavy (non-hydrogen) atoms. The van der Waals surface area contributed by atoms with Crippen LogP contribution in [0.15, 0.2) is 66.7 Å². The van der Waals surface area contributed by atoms with E-state index in [9.17, 15) is 5.11 Å². The van der Waals surface area contributed by atoms with Gasteiger partial charge in [-0.3, -0.25) is 0 Å². The molecule has 0 amide bonds. The number of fused-ring (bicyclic) bond motifs is 1. The topological polar surface area (TPSA) is 70.1 Å². The Labute approximate surface area is 149 Å². The Kier molecular flexibility index (Phi) is 4.28. The maximum atomic E-state index is 9.20. The summed E-state index contributed by atoms with van der Waals surface area (Å²) in [5.41, 5.74) is 2.67. The van der Waals surface area contributed by atoms with Crippen molar-refractivity contribution in [2.75, 3.05) is 10.6 Å². The first kappa shape index (κ1) is 15.6. The van der Waals surface area contributed by atoms with Crippen LogP contribution in [0.25, 0.3) is 10.8 Å². The van der Waals surface area contributed by atoms with E-state index in [0.717, 1.165) is 22.1 Å². The zero-order valence-corrected chi connectivity index (χ0v) is 14.1. The van der Waals surface area contributed by atoms with Gasteiger partial charge in [0.05, 0.1) is 6.61 Å². The second-order valence-corrected chi connectivity index (χ2v) is 6.35. The highest BCUT2D eigenvalue weighted by molar-refractivity contribution is 7.10. The van der Waals surface area contributed by atoms with Gasteiger partial charge >= 0.3 is 0 Å². The molecule has 0 unspecified atom stereocenters. The zero-order chi connectivity index (χ0) is 17.1. The van der Waals surface area contributed by atoms with E-state index in [1.165, 1.54) is 22.3 Å². The molecule has 0 aliphatic carbocycles. The predicted octanol–water partition coefficient (Wildman–Crippen LogP) is 4.67. The SMILES string of the molecule is OCc1cccc(Nc2nsc(Nc3ccc4ccccc4c3)n2)c1. The molecule has 6 heteroatoms. The molecular weight excluding hydrogens is 332 g/mol. The van der Waals surface area contributed by atoms with Gasteiger partial charge in [0.15, 0.2) is 0 Å². The molecule has 1 aromatic heterocycles. The fraction of sp³-hybridized carbons (Fsp3) is 0.0526. The third kappa shape index (κ3) is 3.60. The Morgan fingerprint density at radius 2 is 1.68 bits per heavy atom. The zero-order valence-electron chi connectivity index (χ0n) is 13.3. The molecule has 0 saturated heterocycles. The van der Waals surface area contributed by atoms with E-state index in [-0.39, 0.29) is 6.61 Å². The summed E-state index contributed by atoms with van der Waals surface area (Å²) in [6.07, 6.45) is 0. The average molecular weight is 348 g/mol. The number of anilines is 4. The quantitative estimate of drug-likeness (QED) is 0.489. The van der Waals surface area contributed by atoms with Crippen LogP contribution in [0, 0.1) is 0 Å². The standard InChI is InChI=1S/C19H16N4OS/c24-12-13-4-3-7-16(10-13)20-18-22-19(25-23-18)21-17-9-8-14-5-1-2-6-15(14)11-17/h1-11,24H,12H2,(H2,20,21,22,23). The minimum Gasteiger partial charge on any atom is -0.392 e. The van der Waals surface area contributed by atoms with E-state index in [4.69, 9.17) is 0 Å². The molecule has 1 heterocycles. The molecule has 0 fully saturated rings. The van der Waals surface area contributed by atoms with Crippen LogP contribution in [-0.2, 0) is 6.61 Å². The van der Waals surface area contributed by atoms with Crippen LogP contribution >= 0.6 is 11.5 Å². The summed E-state index contributed by atoms with van der Waals surface area (Å²) in [4.78, 5) is 4.46. The summed E-state index contributed by atoms with van der Waals surface area (Å²) in [6, 6.07) is 22.0. The summed E-state index contributed by atoms with van der Waals surface area (Å²) in [5, 5.41) is 18.7. The first-order valence-electron chi connectivity index (χ1n) is 7.86. The smallest absolute Gasteiger partial charge is 0.240 e. The molecule has 0 saturated carbocycles. The third-order valence-corrected chi connectivity index (χ3v) is 4.42. The van der Waals surface area contributed by atoms with Gasteiger partial charge in [0.2, 0.25) is 11.1 Å². The first-order chi connectivity index (χ1) is 12.3. The highest BCUT2D eigenvalue weighted by Crippen LogP contribution is 2.25. The Morgan fingerprint density at radius 3 is 2.56 bits per heavy atom. The van der Waals surface area contributed by atoms with Gasteiger partial charge in [-0.2, -0.15) is 9.36 Å². The second kappa shape index (κ2) is 6.88. The summed E-state index contributed by atoms with van der Waals surface area (Å²) in [7, 11) is 0. The van der Waals surface area contributed by atoms with E-state index in [0.29, 0.717) is 5.95 Å². The van der Waals surface area contributed by atoms with Crippen molar-refractivity contribution >= 4 is 44.8 Å². The fourth-order valence-electron chi connectivity index (χ4n) is 2.59. The maximum absolute atomic E-state index is 9.20. The van der Waals surface area contributed by atoms with Gasteiger partial charge in [-0.05, 0) is 40.6 Å². The molecule has 0 radical (unpaired) electrons. The predicted molar refractivity (Wildman–Crippen MR) is 103 cm³/mol. The van der Waals surface area contributed by atoms with Crippen LogP contribution in [0.4, 0.5) is 22.5 Å². The minimum absolute atomic E-state index is 0.00871. The van der Waals surface area contributed by atoms with Crippen molar-refractivity contribution in [2.24, 2.45) is 0 Å². The number of nitrogens with zero attached hydrogens (tertiary/aromatic N) is 2. The van der Waals surface area contributed by atoms with Crippen LogP contribution in [0.3, 0.4) is 0 Å². The summed E-state index contributed by atoms with van der Waals surface area (Å²) in [5.74, 6) is 0.531. The molecule has 3 N–H and O–H groups in total.